The van der Waals surface area contributed by atoms with Crippen LogP contribution in [0.3, 0.4) is 0 Å². The van der Waals surface area contributed by atoms with E-state index in [0.717, 1.165) is 5.56 Å². The average molecular weight is 320 g/mol. The summed E-state index contributed by atoms with van der Waals surface area (Å²) in [6.45, 7) is 0.559. The van der Waals surface area contributed by atoms with Gasteiger partial charge in [-0.3, -0.25) is 0 Å². The standard InChI is InChI=1S/C14H16N4O3S/c1-21-12-4-2-3-5-13(12)22(19,20)18-7-6-10-8-16-14(15)17-11(10)9-18/h2-5,8H,6-7,9H2,1H3,(H2,15,16,17). The number of nitrogen functional groups attached to an aromatic ring is 1. The van der Waals surface area contributed by atoms with Gasteiger partial charge in [0.25, 0.3) is 0 Å². The van der Waals surface area contributed by atoms with E-state index < -0.39 is 10.0 Å². The minimum absolute atomic E-state index is 0.148. The predicted octanol–water partition coefficient (Wildman–Crippen LogP) is 0.814. The zero-order valence-electron chi connectivity index (χ0n) is 12.1. The molecule has 1 aliphatic rings. The summed E-state index contributed by atoms with van der Waals surface area (Å²) in [6.07, 6.45) is 2.22. The molecule has 3 rings (SSSR count). The molecule has 1 aromatic heterocycles. The lowest BCUT2D eigenvalue weighted by molar-refractivity contribution is 0.374. The van der Waals surface area contributed by atoms with E-state index in [1.54, 1.807) is 24.4 Å². The lowest BCUT2D eigenvalue weighted by Gasteiger charge is -2.27. The molecule has 0 radical (unpaired) electrons. The molecule has 0 amide bonds. The van der Waals surface area contributed by atoms with Gasteiger partial charge < -0.3 is 10.5 Å². The predicted molar refractivity (Wildman–Crippen MR) is 80.7 cm³/mol. The van der Waals surface area contributed by atoms with Crippen molar-refractivity contribution >= 4 is 16.0 Å². The number of hydrogen-bond acceptors (Lipinski definition) is 6. The Balaban J connectivity index is 1.97. The summed E-state index contributed by atoms with van der Waals surface area (Å²) in [5, 5.41) is 0. The van der Waals surface area contributed by atoms with Crippen LogP contribution in [0.1, 0.15) is 11.3 Å². The second kappa shape index (κ2) is 5.54. The van der Waals surface area contributed by atoms with Gasteiger partial charge in [-0.1, -0.05) is 12.1 Å². The summed E-state index contributed by atoms with van der Waals surface area (Å²) in [6, 6.07) is 6.58. The molecule has 0 saturated carbocycles. The maximum Gasteiger partial charge on any atom is 0.247 e. The fourth-order valence-electron chi connectivity index (χ4n) is 2.47. The second-order valence-corrected chi connectivity index (χ2v) is 6.85. The number of para-hydroxylation sites is 1. The molecule has 0 fully saturated rings. The highest BCUT2D eigenvalue weighted by molar-refractivity contribution is 7.89. The fraction of sp³-hybridized carbons (Fsp3) is 0.286. The Hall–Kier alpha value is -2.19. The summed E-state index contributed by atoms with van der Waals surface area (Å²) in [5.41, 5.74) is 7.16. The van der Waals surface area contributed by atoms with Crippen LogP contribution < -0.4 is 10.5 Å². The number of fused-ring (bicyclic) bond motifs is 1. The first-order valence-corrected chi connectivity index (χ1v) is 8.20. The molecule has 0 saturated heterocycles. The van der Waals surface area contributed by atoms with E-state index in [0.29, 0.717) is 24.4 Å². The van der Waals surface area contributed by atoms with E-state index in [2.05, 4.69) is 9.97 Å². The molecule has 0 bridgehead atoms. The molecule has 7 nitrogen and oxygen atoms in total. The van der Waals surface area contributed by atoms with Crippen LogP contribution in [0.25, 0.3) is 0 Å². The van der Waals surface area contributed by atoms with Crippen molar-refractivity contribution in [2.24, 2.45) is 0 Å². The van der Waals surface area contributed by atoms with Crippen LogP contribution in [-0.2, 0) is 23.0 Å². The maximum absolute atomic E-state index is 12.8. The topological polar surface area (TPSA) is 98.4 Å². The monoisotopic (exact) mass is 320 g/mol. The third-order valence-corrected chi connectivity index (χ3v) is 5.50. The van der Waals surface area contributed by atoms with Gasteiger partial charge in [-0.05, 0) is 24.1 Å². The van der Waals surface area contributed by atoms with Gasteiger partial charge >= 0.3 is 0 Å². The molecule has 8 heteroatoms. The van der Waals surface area contributed by atoms with Crippen LogP contribution in [-0.4, -0.2) is 36.3 Å². The third-order valence-electron chi connectivity index (χ3n) is 3.62. The fourth-order valence-corrected chi connectivity index (χ4v) is 4.03. The van der Waals surface area contributed by atoms with Gasteiger partial charge in [-0.15, -0.1) is 0 Å². The smallest absolute Gasteiger partial charge is 0.247 e. The molecule has 2 heterocycles. The molecule has 1 aromatic carbocycles. The molecule has 2 aromatic rings. The van der Waals surface area contributed by atoms with Crippen LogP contribution >= 0.6 is 0 Å². The van der Waals surface area contributed by atoms with Gasteiger partial charge in [-0.2, -0.15) is 4.31 Å². The van der Waals surface area contributed by atoms with E-state index in [1.807, 2.05) is 0 Å². The second-order valence-electron chi connectivity index (χ2n) is 4.94. The Kier molecular flexibility index (Phi) is 3.71. The minimum atomic E-state index is -3.65. The Labute approximate surface area is 128 Å². The number of ether oxygens (including phenoxy) is 1. The van der Waals surface area contributed by atoms with E-state index in [1.165, 1.54) is 17.5 Å². The van der Waals surface area contributed by atoms with Crippen molar-refractivity contribution in [1.29, 1.82) is 0 Å². The van der Waals surface area contributed by atoms with Crippen molar-refractivity contribution in [2.45, 2.75) is 17.9 Å². The number of aromatic nitrogens is 2. The van der Waals surface area contributed by atoms with Crippen molar-refractivity contribution in [3.63, 3.8) is 0 Å². The highest BCUT2D eigenvalue weighted by Gasteiger charge is 2.31. The van der Waals surface area contributed by atoms with Crippen molar-refractivity contribution in [3.8, 4) is 5.75 Å². The molecule has 1 aliphatic heterocycles. The molecule has 0 aliphatic carbocycles. The summed E-state index contributed by atoms with van der Waals surface area (Å²) in [5.74, 6) is 0.478. The van der Waals surface area contributed by atoms with Gasteiger partial charge in [0.15, 0.2) is 0 Å². The molecule has 116 valence electrons. The number of nitrogens with two attached hydrogens (primary N) is 1. The Morgan fingerprint density at radius 1 is 1.32 bits per heavy atom. The Morgan fingerprint density at radius 2 is 2.09 bits per heavy atom. The van der Waals surface area contributed by atoms with Crippen LogP contribution in [0.2, 0.25) is 0 Å². The number of rotatable bonds is 3. The first-order valence-electron chi connectivity index (χ1n) is 6.76. The zero-order chi connectivity index (χ0) is 15.7. The molecular weight excluding hydrogens is 304 g/mol. The highest BCUT2D eigenvalue weighted by atomic mass is 32.2. The lowest BCUT2D eigenvalue weighted by atomic mass is 10.1. The van der Waals surface area contributed by atoms with E-state index in [4.69, 9.17) is 10.5 Å². The Morgan fingerprint density at radius 3 is 2.86 bits per heavy atom. The van der Waals surface area contributed by atoms with Gasteiger partial charge in [0.05, 0.1) is 19.3 Å². The number of benzene rings is 1. The highest BCUT2D eigenvalue weighted by Crippen LogP contribution is 2.29. The van der Waals surface area contributed by atoms with Crippen molar-refractivity contribution in [1.82, 2.24) is 14.3 Å². The number of nitrogens with zero attached hydrogens (tertiary/aromatic N) is 3. The molecule has 0 spiro atoms. The molecule has 0 unspecified atom stereocenters. The van der Waals surface area contributed by atoms with Gasteiger partial charge in [-0.25, -0.2) is 18.4 Å². The SMILES string of the molecule is COc1ccccc1S(=O)(=O)N1CCc2cnc(N)nc2C1. The van der Waals surface area contributed by atoms with Gasteiger partial charge in [0.2, 0.25) is 16.0 Å². The van der Waals surface area contributed by atoms with E-state index in [9.17, 15) is 8.42 Å². The first-order chi connectivity index (χ1) is 10.5. The number of hydrogen-bond donors (Lipinski definition) is 1. The van der Waals surface area contributed by atoms with Crippen molar-refractivity contribution < 1.29 is 13.2 Å². The Bertz CT molecular complexity index is 807. The van der Waals surface area contributed by atoms with E-state index >= 15 is 0 Å². The summed E-state index contributed by atoms with van der Waals surface area (Å²) >= 11 is 0. The van der Waals surface area contributed by atoms with Crippen LogP contribution in [0.5, 0.6) is 5.75 Å². The summed E-state index contributed by atoms with van der Waals surface area (Å²) in [7, 11) is -2.20. The van der Waals surface area contributed by atoms with E-state index in [-0.39, 0.29) is 17.4 Å². The summed E-state index contributed by atoms with van der Waals surface area (Å²) < 4.78 is 32.2. The minimum Gasteiger partial charge on any atom is -0.495 e. The number of sulfonamides is 1. The number of methoxy groups -OCH3 is 1. The molecule has 0 atom stereocenters. The maximum atomic E-state index is 12.8. The normalized spacial score (nSPS) is 15.3. The van der Waals surface area contributed by atoms with Crippen LogP contribution in [0.15, 0.2) is 35.4 Å². The first kappa shape index (κ1) is 14.7. The zero-order valence-corrected chi connectivity index (χ0v) is 12.9. The third kappa shape index (κ3) is 2.51. The number of anilines is 1. The summed E-state index contributed by atoms with van der Waals surface area (Å²) in [4.78, 5) is 8.24. The van der Waals surface area contributed by atoms with Crippen molar-refractivity contribution in [3.05, 3.63) is 41.7 Å². The largest absolute Gasteiger partial charge is 0.495 e. The van der Waals surface area contributed by atoms with Crippen molar-refractivity contribution in [2.75, 3.05) is 19.4 Å². The van der Waals surface area contributed by atoms with Crippen LogP contribution in [0.4, 0.5) is 5.95 Å². The van der Waals surface area contributed by atoms with Gasteiger partial charge in [0.1, 0.15) is 10.6 Å². The molecular formula is C14H16N4O3S. The average Bonchev–Trinajstić information content (AvgIpc) is 2.54. The molecule has 22 heavy (non-hydrogen) atoms. The quantitative estimate of drug-likeness (QED) is 0.899. The lowest BCUT2D eigenvalue weighted by Crippen LogP contribution is -2.36. The van der Waals surface area contributed by atoms with Crippen LogP contribution in [0, 0.1) is 0 Å². The van der Waals surface area contributed by atoms with Gasteiger partial charge in [0, 0.05) is 12.7 Å². The molecule has 2 N–H and O–H groups in total.